The number of benzene rings is 3. The van der Waals surface area contributed by atoms with Crippen LogP contribution in [0.15, 0.2) is 85.2 Å². The van der Waals surface area contributed by atoms with Crippen LogP contribution in [0.1, 0.15) is 28.8 Å². The zero-order valence-corrected chi connectivity index (χ0v) is 21.4. The quantitative estimate of drug-likeness (QED) is 0.180. The highest BCUT2D eigenvalue weighted by Gasteiger charge is 2.50. The number of β-lactam (4-membered cyclic amide) rings is 1. The van der Waals surface area contributed by atoms with E-state index in [1.54, 1.807) is 24.3 Å². The first-order chi connectivity index (χ1) is 19.0. The molecule has 6 nitrogen and oxygen atoms in total. The summed E-state index contributed by atoms with van der Waals surface area (Å²) in [7, 11) is 0. The Morgan fingerprint density at radius 1 is 0.925 bits per heavy atom. The van der Waals surface area contributed by atoms with Crippen LogP contribution in [-0.2, 0) is 11.0 Å². The van der Waals surface area contributed by atoms with Crippen molar-refractivity contribution in [2.24, 2.45) is 0 Å². The maximum absolute atomic E-state index is 13.3. The Morgan fingerprint density at radius 3 is 2.27 bits per heavy atom. The molecule has 0 radical (unpaired) electrons. The van der Waals surface area contributed by atoms with Crippen molar-refractivity contribution in [3.63, 3.8) is 0 Å². The van der Waals surface area contributed by atoms with Gasteiger partial charge in [-0.1, -0.05) is 24.3 Å². The van der Waals surface area contributed by atoms with Crippen molar-refractivity contribution >= 4 is 23.4 Å². The average molecular weight is 571 g/mol. The third kappa shape index (κ3) is 5.47. The molecule has 0 spiro atoms. The summed E-state index contributed by atoms with van der Waals surface area (Å²) in [6.45, 7) is 0. The average Bonchev–Trinajstić information content (AvgIpc) is 2.92. The van der Waals surface area contributed by atoms with Gasteiger partial charge in [0.2, 0.25) is 5.91 Å². The van der Waals surface area contributed by atoms with Gasteiger partial charge in [0.05, 0.1) is 17.7 Å². The summed E-state index contributed by atoms with van der Waals surface area (Å²) in [5.74, 6) is -1.01. The Bertz CT molecular complexity index is 1530. The van der Waals surface area contributed by atoms with Crippen LogP contribution < -0.4 is 4.90 Å². The molecule has 1 amide bonds. The van der Waals surface area contributed by atoms with Gasteiger partial charge in [-0.2, -0.15) is 13.2 Å². The maximum atomic E-state index is 13.3. The third-order valence-electron chi connectivity index (χ3n) is 6.61. The fraction of sp³-hybridized carbons (Fsp3) is 0.172. The predicted octanol–water partition coefficient (Wildman–Crippen LogP) is 6.24. The smallest absolute Gasteiger partial charge is 0.417 e. The van der Waals surface area contributed by atoms with E-state index in [2.05, 4.69) is 4.98 Å². The number of anilines is 1. The number of carbonyl (C=O) groups excluding carboxylic acids is 1. The first kappa shape index (κ1) is 27.5. The van der Waals surface area contributed by atoms with Gasteiger partial charge in [0, 0.05) is 41.0 Å². The first-order valence-corrected chi connectivity index (χ1v) is 13.1. The number of pyridine rings is 1. The minimum atomic E-state index is -4.54. The van der Waals surface area contributed by atoms with Crippen molar-refractivity contribution in [2.75, 3.05) is 10.7 Å². The molecule has 11 heteroatoms. The van der Waals surface area contributed by atoms with E-state index in [-0.39, 0.29) is 28.7 Å². The number of carbonyl (C=O) groups is 1. The lowest BCUT2D eigenvalue weighted by molar-refractivity contribution is -0.137. The second kappa shape index (κ2) is 10.8. The molecule has 1 saturated heterocycles. The lowest BCUT2D eigenvalue weighted by Gasteiger charge is -2.47. The lowest BCUT2D eigenvalue weighted by Crippen LogP contribution is -2.57. The highest BCUT2D eigenvalue weighted by atomic mass is 32.2. The van der Waals surface area contributed by atoms with Crippen LogP contribution in [0.25, 0.3) is 11.1 Å². The largest absolute Gasteiger partial charge is 0.508 e. The van der Waals surface area contributed by atoms with Crippen LogP contribution in [0.5, 0.6) is 11.5 Å². The number of halogens is 4. The Labute approximate surface area is 230 Å². The summed E-state index contributed by atoms with van der Waals surface area (Å²) >= 11 is 1.17. The van der Waals surface area contributed by atoms with E-state index in [0.29, 0.717) is 22.4 Å². The van der Waals surface area contributed by atoms with E-state index in [9.17, 15) is 37.7 Å². The van der Waals surface area contributed by atoms with Crippen molar-refractivity contribution in [2.45, 2.75) is 23.6 Å². The summed E-state index contributed by atoms with van der Waals surface area (Å²) in [5.41, 5.74) is 1.15. The van der Waals surface area contributed by atoms with E-state index in [4.69, 9.17) is 0 Å². The van der Waals surface area contributed by atoms with Crippen molar-refractivity contribution in [3.8, 4) is 22.6 Å². The number of aliphatic hydroxyl groups excluding tert-OH is 1. The van der Waals surface area contributed by atoms with Crippen LogP contribution in [0.3, 0.4) is 0 Å². The molecule has 5 rings (SSSR count). The van der Waals surface area contributed by atoms with Crippen molar-refractivity contribution in [1.29, 1.82) is 0 Å². The second-order valence-electron chi connectivity index (χ2n) is 9.22. The second-order valence-corrected chi connectivity index (χ2v) is 10.4. The lowest BCUT2D eigenvalue weighted by atomic mass is 9.91. The van der Waals surface area contributed by atoms with Crippen molar-refractivity contribution in [1.82, 2.24) is 4.98 Å². The number of aliphatic hydroxyl groups is 1. The van der Waals surface area contributed by atoms with E-state index >= 15 is 0 Å². The van der Waals surface area contributed by atoms with Gasteiger partial charge >= 0.3 is 6.18 Å². The third-order valence-corrected chi connectivity index (χ3v) is 7.94. The molecule has 1 aliphatic heterocycles. The monoisotopic (exact) mass is 570 g/mol. The summed E-state index contributed by atoms with van der Waals surface area (Å²) in [6, 6.07) is 16.1. The molecule has 0 aliphatic carbocycles. The van der Waals surface area contributed by atoms with Crippen molar-refractivity contribution < 1.29 is 37.7 Å². The van der Waals surface area contributed by atoms with Gasteiger partial charge in [0.25, 0.3) is 0 Å². The van der Waals surface area contributed by atoms with Crippen LogP contribution in [-0.4, -0.2) is 37.2 Å². The molecule has 1 aromatic heterocycles. The van der Waals surface area contributed by atoms with Gasteiger partial charge in [0.15, 0.2) is 0 Å². The topological polar surface area (TPSA) is 93.9 Å². The molecule has 1 fully saturated rings. The fourth-order valence-electron chi connectivity index (χ4n) is 4.54. The molecule has 3 aromatic carbocycles. The molecule has 3 N–H and O–H groups in total. The summed E-state index contributed by atoms with van der Waals surface area (Å²) in [4.78, 5) is 18.5. The Balaban J connectivity index is 1.40. The molecule has 0 unspecified atom stereocenters. The van der Waals surface area contributed by atoms with Crippen LogP contribution in [0.4, 0.5) is 23.2 Å². The number of aromatic hydroxyl groups is 2. The van der Waals surface area contributed by atoms with Crippen LogP contribution in [0, 0.1) is 5.82 Å². The molecule has 2 heterocycles. The van der Waals surface area contributed by atoms with E-state index in [0.717, 1.165) is 18.3 Å². The fourth-order valence-corrected chi connectivity index (χ4v) is 5.83. The standard InChI is InChI=1S/C29H22F4N2O4S/c30-20-5-1-17(2-6-20)25(38)15-40-27-26(23-10-9-22(36)12-24(23)37)35(28(27)39)21-7-3-16(4-8-21)18-11-19(14-34-13-18)29(31,32)33/h1-14,25-27,36-38H,15H2/t25-,26-,27-/m1/s1. The van der Waals surface area contributed by atoms with Gasteiger partial charge in [-0.3, -0.25) is 9.78 Å². The van der Waals surface area contributed by atoms with E-state index < -0.39 is 35.0 Å². The van der Waals surface area contributed by atoms with Crippen LogP contribution in [0.2, 0.25) is 0 Å². The van der Waals surface area contributed by atoms with Gasteiger partial charge in [-0.05, 0) is 53.6 Å². The van der Waals surface area contributed by atoms with Gasteiger partial charge in [-0.15, -0.1) is 11.8 Å². The van der Waals surface area contributed by atoms with Gasteiger partial charge < -0.3 is 20.2 Å². The minimum Gasteiger partial charge on any atom is -0.508 e. The molecule has 4 aromatic rings. The normalized spacial score (nSPS) is 17.9. The predicted molar refractivity (Wildman–Crippen MR) is 142 cm³/mol. The first-order valence-electron chi connectivity index (χ1n) is 12.1. The number of alkyl halides is 3. The van der Waals surface area contributed by atoms with Crippen molar-refractivity contribution in [3.05, 3.63) is 108 Å². The molecular formula is C29H22F4N2O4S. The minimum absolute atomic E-state index is 0.118. The molecular weight excluding hydrogens is 548 g/mol. The molecule has 40 heavy (non-hydrogen) atoms. The number of phenols is 2. The number of hydrogen-bond donors (Lipinski definition) is 3. The highest BCUT2D eigenvalue weighted by molar-refractivity contribution is 8.00. The highest BCUT2D eigenvalue weighted by Crippen LogP contribution is 2.48. The van der Waals surface area contributed by atoms with Gasteiger partial charge in [0.1, 0.15) is 22.6 Å². The molecule has 3 atom stereocenters. The van der Waals surface area contributed by atoms with E-state index in [1.165, 1.54) is 59.3 Å². The Morgan fingerprint density at radius 2 is 1.62 bits per heavy atom. The Kier molecular flexibility index (Phi) is 7.43. The summed E-state index contributed by atoms with van der Waals surface area (Å²) in [5, 5.41) is 30.2. The molecule has 0 bridgehead atoms. The number of hydrogen-bond acceptors (Lipinski definition) is 6. The zero-order valence-electron chi connectivity index (χ0n) is 20.6. The number of aromatic nitrogens is 1. The molecule has 206 valence electrons. The summed E-state index contributed by atoms with van der Waals surface area (Å²) in [6.07, 6.45) is -3.45. The molecule has 0 saturated carbocycles. The van der Waals surface area contributed by atoms with Crippen LogP contribution >= 0.6 is 11.8 Å². The van der Waals surface area contributed by atoms with E-state index in [1.807, 2.05) is 0 Å². The number of amides is 1. The molecule has 1 aliphatic rings. The number of rotatable bonds is 7. The number of nitrogens with zero attached hydrogens (tertiary/aromatic N) is 2. The number of thioether (sulfide) groups is 1. The maximum Gasteiger partial charge on any atom is 0.417 e. The summed E-state index contributed by atoms with van der Waals surface area (Å²) < 4.78 is 52.6. The SMILES string of the molecule is O=C1[C@H](SC[C@@H](O)c2ccc(F)cc2)[C@@H](c2ccc(O)cc2O)N1c1ccc(-c2cncc(C(F)(F)F)c2)cc1. The van der Waals surface area contributed by atoms with Gasteiger partial charge in [-0.25, -0.2) is 4.39 Å². The Hall–Kier alpha value is -4.09. The zero-order chi connectivity index (χ0) is 28.6. The number of phenolic OH excluding ortho intramolecular Hbond substituents is 2.